The zero-order valence-corrected chi connectivity index (χ0v) is 18.7. The molecular weight excluding hydrogens is 438 g/mol. The number of hydrogen-bond acceptors (Lipinski definition) is 7. The Morgan fingerprint density at radius 1 is 0.879 bits per heavy atom. The zero-order chi connectivity index (χ0) is 22.8. The highest BCUT2D eigenvalue weighted by molar-refractivity contribution is 7.15. The van der Waals surface area contributed by atoms with Crippen LogP contribution in [-0.4, -0.2) is 28.8 Å². The summed E-state index contributed by atoms with van der Waals surface area (Å²) in [5, 5.41) is 4.41. The highest BCUT2D eigenvalue weighted by Crippen LogP contribution is 2.31. The Balaban J connectivity index is 1.47. The fourth-order valence-electron chi connectivity index (χ4n) is 3.38. The molecule has 0 atom stereocenters. The Morgan fingerprint density at radius 2 is 1.67 bits per heavy atom. The molecular formula is C25H19N3O4S. The van der Waals surface area contributed by atoms with Crippen molar-refractivity contribution < 1.29 is 14.2 Å². The second kappa shape index (κ2) is 8.76. The first-order valence-corrected chi connectivity index (χ1v) is 10.9. The van der Waals surface area contributed by atoms with Crippen LogP contribution in [0.4, 0.5) is 0 Å². The molecule has 0 spiro atoms. The van der Waals surface area contributed by atoms with Gasteiger partial charge < -0.3 is 14.2 Å². The molecule has 0 aliphatic carbocycles. The van der Waals surface area contributed by atoms with E-state index < -0.39 is 0 Å². The third-order valence-electron chi connectivity index (χ3n) is 4.96. The van der Waals surface area contributed by atoms with Crippen LogP contribution in [-0.2, 0) is 0 Å². The van der Waals surface area contributed by atoms with Gasteiger partial charge in [0.1, 0.15) is 11.5 Å². The van der Waals surface area contributed by atoms with E-state index in [0.29, 0.717) is 32.6 Å². The van der Waals surface area contributed by atoms with Crippen molar-refractivity contribution in [3.05, 3.63) is 93.2 Å². The minimum Gasteiger partial charge on any atom is -0.493 e. The van der Waals surface area contributed by atoms with Crippen LogP contribution in [0.5, 0.6) is 23.0 Å². The summed E-state index contributed by atoms with van der Waals surface area (Å²) in [6.45, 7) is 0. The van der Waals surface area contributed by atoms with Crippen LogP contribution in [0.2, 0.25) is 0 Å². The molecule has 0 N–H and O–H groups in total. The third kappa shape index (κ3) is 4.16. The lowest BCUT2D eigenvalue weighted by Crippen LogP contribution is -2.23. The summed E-state index contributed by atoms with van der Waals surface area (Å²) in [5.74, 6) is 3.08. The van der Waals surface area contributed by atoms with Gasteiger partial charge in [-0.3, -0.25) is 4.79 Å². The van der Waals surface area contributed by atoms with E-state index in [4.69, 9.17) is 14.2 Å². The molecule has 2 aromatic heterocycles. The van der Waals surface area contributed by atoms with Crippen LogP contribution in [0.15, 0.2) is 77.6 Å². The van der Waals surface area contributed by atoms with Crippen molar-refractivity contribution in [3.63, 3.8) is 0 Å². The van der Waals surface area contributed by atoms with Crippen molar-refractivity contribution >= 4 is 22.4 Å². The van der Waals surface area contributed by atoms with Gasteiger partial charge in [0.25, 0.3) is 5.56 Å². The number of fused-ring (bicyclic) bond motifs is 1. The molecule has 0 aliphatic heterocycles. The van der Waals surface area contributed by atoms with Crippen molar-refractivity contribution in [1.29, 1.82) is 0 Å². The second-order valence-corrected chi connectivity index (χ2v) is 8.11. The molecule has 33 heavy (non-hydrogen) atoms. The summed E-state index contributed by atoms with van der Waals surface area (Å²) in [7, 11) is 3.14. The van der Waals surface area contributed by atoms with Gasteiger partial charge in [0.05, 0.1) is 18.8 Å². The van der Waals surface area contributed by atoms with Gasteiger partial charge in [0, 0.05) is 5.56 Å². The lowest BCUT2D eigenvalue weighted by Gasteiger charge is -2.07. The van der Waals surface area contributed by atoms with Crippen molar-refractivity contribution in [3.8, 4) is 34.4 Å². The van der Waals surface area contributed by atoms with Crippen molar-refractivity contribution in [2.45, 2.75) is 0 Å². The molecule has 5 rings (SSSR count). The van der Waals surface area contributed by atoms with E-state index in [-0.39, 0.29) is 5.56 Å². The standard InChI is InChI=1S/C25H19N3O4S/c1-30-20-12-11-17(15-21(20)31-2)23-26-25-28(27-23)24(29)22(33-25)14-16-7-6-10-19(13-16)32-18-8-4-3-5-9-18/h3-15H,1-2H3. The third-order valence-corrected chi connectivity index (χ3v) is 5.92. The highest BCUT2D eigenvalue weighted by Gasteiger charge is 2.14. The molecule has 0 unspecified atom stereocenters. The molecule has 0 saturated heterocycles. The molecule has 7 nitrogen and oxygen atoms in total. The Kier molecular flexibility index (Phi) is 5.50. The molecule has 0 amide bonds. The van der Waals surface area contributed by atoms with Crippen molar-refractivity contribution in [1.82, 2.24) is 14.6 Å². The average Bonchev–Trinajstić information content (AvgIpc) is 3.39. The zero-order valence-electron chi connectivity index (χ0n) is 17.9. The van der Waals surface area contributed by atoms with Gasteiger partial charge in [-0.15, -0.1) is 5.10 Å². The summed E-state index contributed by atoms with van der Waals surface area (Å²) >= 11 is 1.29. The summed E-state index contributed by atoms with van der Waals surface area (Å²) in [6, 6.07) is 22.5. The number of aromatic nitrogens is 3. The van der Waals surface area contributed by atoms with Gasteiger partial charge in [-0.2, -0.15) is 9.50 Å². The molecule has 5 aromatic rings. The Hall–Kier alpha value is -4.17. The highest BCUT2D eigenvalue weighted by atomic mass is 32.1. The minimum atomic E-state index is -0.219. The van der Waals surface area contributed by atoms with Crippen LogP contribution in [0, 0.1) is 0 Å². The number of hydrogen-bond donors (Lipinski definition) is 0. The quantitative estimate of drug-likeness (QED) is 0.381. The topological polar surface area (TPSA) is 75.0 Å². The number of benzene rings is 3. The Labute approximate surface area is 193 Å². The average molecular weight is 458 g/mol. The molecule has 164 valence electrons. The predicted molar refractivity (Wildman–Crippen MR) is 127 cm³/mol. The molecule has 0 fully saturated rings. The van der Waals surface area contributed by atoms with E-state index in [1.165, 1.54) is 15.9 Å². The lowest BCUT2D eigenvalue weighted by molar-refractivity contribution is 0.355. The Bertz CT molecular complexity index is 1540. The maximum absolute atomic E-state index is 12.9. The minimum absolute atomic E-state index is 0.219. The lowest BCUT2D eigenvalue weighted by atomic mass is 10.2. The summed E-state index contributed by atoms with van der Waals surface area (Å²) < 4.78 is 18.4. The van der Waals surface area contributed by atoms with Gasteiger partial charge in [0.2, 0.25) is 4.96 Å². The van der Waals surface area contributed by atoms with E-state index in [2.05, 4.69) is 10.1 Å². The van der Waals surface area contributed by atoms with Gasteiger partial charge in [-0.25, -0.2) is 0 Å². The second-order valence-electron chi connectivity index (χ2n) is 7.10. The fraction of sp³-hybridized carbons (Fsp3) is 0.0800. The van der Waals surface area contributed by atoms with Crippen LogP contribution in [0.3, 0.4) is 0 Å². The molecule has 0 radical (unpaired) electrons. The van der Waals surface area contributed by atoms with E-state index in [1.807, 2.05) is 66.7 Å². The van der Waals surface area contributed by atoms with E-state index in [9.17, 15) is 4.79 Å². The first kappa shape index (κ1) is 20.7. The number of nitrogens with zero attached hydrogens (tertiary/aromatic N) is 3. The SMILES string of the molecule is COc1ccc(-c2nc3sc(=Cc4cccc(Oc5ccccc5)c4)c(=O)n3n2)cc1OC. The number of para-hydroxylation sites is 1. The first-order valence-electron chi connectivity index (χ1n) is 10.1. The number of methoxy groups -OCH3 is 2. The maximum Gasteiger partial charge on any atom is 0.291 e. The molecule has 0 saturated carbocycles. The predicted octanol–water partition coefficient (Wildman–Crippen LogP) is 4.18. The summed E-state index contributed by atoms with van der Waals surface area (Å²) in [6.07, 6.45) is 1.82. The molecule has 3 aromatic carbocycles. The largest absolute Gasteiger partial charge is 0.493 e. The molecule has 8 heteroatoms. The van der Waals surface area contributed by atoms with E-state index in [0.717, 1.165) is 16.9 Å². The number of thiazole rings is 1. The Morgan fingerprint density at radius 3 is 2.42 bits per heavy atom. The fourth-order valence-corrected chi connectivity index (χ4v) is 4.28. The molecule has 0 bridgehead atoms. The van der Waals surface area contributed by atoms with E-state index in [1.54, 1.807) is 26.4 Å². The first-order chi connectivity index (χ1) is 16.1. The van der Waals surface area contributed by atoms with Crippen LogP contribution in [0.25, 0.3) is 22.4 Å². The van der Waals surface area contributed by atoms with Crippen LogP contribution >= 0.6 is 11.3 Å². The molecule has 2 heterocycles. The monoisotopic (exact) mass is 457 g/mol. The van der Waals surface area contributed by atoms with Gasteiger partial charge in [-0.05, 0) is 54.1 Å². The van der Waals surface area contributed by atoms with Gasteiger partial charge in [-0.1, -0.05) is 41.7 Å². The van der Waals surface area contributed by atoms with Crippen molar-refractivity contribution in [2.75, 3.05) is 14.2 Å². The smallest absolute Gasteiger partial charge is 0.291 e. The van der Waals surface area contributed by atoms with Gasteiger partial charge in [0.15, 0.2) is 17.3 Å². The number of rotatable bonds is 6. The normalized spacial score (nSPS) is 11.6. The maximum atomic E-state index is 12.9. The molecule has 0 aliphatic rings. The van der Waals surface area contributed by atoms with Crippen LogP contribution < -0.4 is 24.3 Å². The number of ether oxygens (including phenoxy) is 3. The van der Waals surface area contributed by atoms with E-state index >= 15 is 0 Å². The van der Waals surface area contributed by atoms with Crippen LogP contribution in [0.1, 0.15) is 5.56 Å². The van der Waals surface area contributed by atoms with Crippen molar-refractivity contribution in [2.24, 2.45) is 0 Å². The summed E-state index contributed by atoms with van der Waals surface area (Å²) in [5.41, 5.74) is 1.37. The summed E-state index contributed by atoms with van der Waals surface area (Å²) in [4.78, 5) is 18.0. The van der Waals surface area contributed by atoms with Gasteiger partial charge >= 0.3 is 0 Å².